The Balaban J connectivity index is 5.29. The molecule has 0 aliphatic heterocycles. The van der Waals surface area contributed by atoms with Gasteiger partial charge in [0.1, 0.15) is 0 Å². The van der Waals surface area contributed by atoms with Crippen molar-refractivity contribution in [3.8, 4) is 0 Å². The van der Waals surface area contributed by atoms with Crippen molar-refractivity contribution in [2.75, 3.05) is 13.7 Å². The van der Waals surface area contributed by atoms with E-state index in [1.54, 1.807) is 0 Å². The first-order valence-electron chi connectivity index (χ1n) is 10.6. The zero-order valence-corrected chi connectivity index (χ0v) is 24.8. The van der Waals surface area contributed by atoms with Crippen LogP contribution in [0.2, 0.25) is 36.3 Å². The van der Waals surface area contributed by atoms with Crippen molar-refractivity contribution >= 4 is 39.2 Å². The van der Waals surface area contributed by atoms with E-state index in [0.29, 0.717) is 5.92 Å². The SMILES string of the molecule is CO[C@@H](C[C@H](CCO[Si](C)(C)C(C)(C)C)O[Si](C)(C)C(C)(C)C)[C@@H](C)/C=C/I. The Morgan fingerprint density at radius 2 is 1.43 bits per heavy atom. The van der Waals surface area contributed by atoms with Gasteiger partial charge in [0.2, 0.25) is 0 Å². The lowest BCUT2D eigenvalue weighted by atomic mass is 9.98. The van der Waals surface area contributed by atoms with E-state index in [1.807, 2.05) is 7.11 Å². The zero-order valence-electron chi connectivity index (χ0n) is 20.6. The van der Waals surface area contributed by atoms with Gasteiger partial charge in [-0.2, -0.15) is 0 Å². The molecule has 0 heterocycles. The van der Waals surface area contributed by atoms with E-state index in [2.05, 4.69) is 107 Å². The highest BCUT2D eigenvalue weighted by molar-refractivity contribution is 14.1. The number of hydrogen-bond donors (Lipinski definition) is 0. The summed E-state index contributed by atoms with van der Waals surface area (Å²) in [6.45, 7) is 26.1. The molecule has 0 saturated heterocycles. The second-order valence-electron chi connectivity index (χ2n) is 11.1. The number of methoxy groups -OCH3 is 1. The molecule has 6 heteroatoms. The van der Waals surface area contributed by atoms with Crippen LogP contribution >= 0.6 is 22.6 Å². The first-order valence-corrected chi connectivity index (χ1v) is 17.7. The summed E-state index contributed by atoms with van der Waals surface area (Å²) in [4.78, 5) is 0. The summed E-state index contributed by atoms with van der Waals surface area (Å²) in [5.41, 5.74) is 0. The minimum absolute atomic E-state index is 0.161. The van der Waals surface area contributed by atoms with Gasteiger partial charge in [-0.15, -0.1) is 0 Å². The fraction of sp³-hybridized carbons (Fsp3) is 0.909. The van der Waals surface area contributed by atoms with Gasteiger partial charge >= 0.3 is 0 Å². The summed E-state index contributed by atoms with van der Waals surface area (Å²) in [5.74, 6) is 0.369. The van der Waals surface area contributed by atoms with E-state index < -0.39 is 16.6 Å². The minimum atomic E-state index is -1.85. The van der Waals surface area contributed by atoms with Gasteiger partial charge in [0.05, 0.1) is 6.10 Å². The lowest BCUT2D eigenvalue weighted by Gasteiger charge is -2.41. The molecule has 0 aromatic heterocycles. The standard InChI is InChI=1S/C22H47IO3Si2/c1-18(13-15-23)20(24-8)17-19(26-28(11,12)22(5,6)7)14-16-25-27(9,10)21(2,3)4/h13,15,18-20H,14,16-17H2,1-12H3/b15-13+/t18-,19-,20-/m0/s1. The smallest absolute Gasteiger partial charge is 0.192 e. The molecule has 168 valence electrons. The maximum absolute atomic E-state index is 6.83. The van der Waals surface area contributed by atoms with Crippen molar-refractivity contribution in [2.24, 2.45) is 5.92 Å². The summed E-state index contributed by atoms with van der Waals surface area (Å²) in [6.07, 6.45) is 4.38. The molecule has 0 aromatic carbocycles. The van der Waals surface area contributed by atoms with E-state index >= 15 is 0 Å². The third kappa shape index (κ3) is 9.29. The normalized spacial score (nSPS) is 17.8. The highest BCUT2D eigenvalue weighted by Gasteiger charge is 2.40. The Bertz CT molecular complexity index is 479. The highest BCUT2D eigenvalue weighted by atomic mass is 127. The van der Waals surface area contributed by atoms with Crippen molar-refractivity contribution in [3.63, 3.8) is 0 Å². The number of halogens is 1. The molecule has 3 nitrogen and oxygen atoms in total. The molecule has 0 radical (unpaired) electrons. The van der Waals surface area contributed by atoms with Gasteiger partial charge in [0.15, 0.2) is 16.6 Å². The topological polar surface area (TPSA) is 27.7 Å². The predicted molar refractivity (Wildman–Crippen MR) is 138 cm³/mol. The molecule has 0 aliphatic rings. The van der Waals surface area contributed by atoms with Crippen LogP contribution in [0.5, 0.6) is 0 Å². The minimum Gasteiger partial charge on any atom is -0.417 e. The lowest BCUT2D eigenvalue weighted by molar-refractivity contribution is 0.0219. The lowest BCUT2D eigenvalue weighted by Crippen LogP contribution is -2.46. The second-order valence-corrected chi connectivity index (χ2v) is 21.4. The van der Waals surface area contributed by atoms with Crippen molar-refractivity contribution < 1.29 is 13.6 Å². The van der Waals surface area contributed by atoms with Crippen LogP contribution in [0.25, 0.3) is 0 Å². The number of rotatable bonds is 11. The summed E-state index contributed by atoms with van der Waals surface area (Å²) in [5, 5.41) is 0.430. The molecular weight excluding hydrogens is 495 g/mol. The van der Waals surface area contributed by atoms with Crippen LogP contribution in [0.4, 0.5) is 0 Å². The fourth-order valence-corrected chi connectivity index (χ4v) is 5.62. The molecular formula is C22H47IO3Si2. The maximum atomic E-state index is 6.83. The summed E-state index contributed by atoms with van der Waals surface area (Å²) in [6, 6.07) is 0. The van der Waals surface area contributed by atoms with Crippen LogP contribution in [0.1, 0.15) is 61.3 Å². The summed E-state index contributed by atoms with van der Waals surface area (Å²) in [7, 11) is -1.77. The largest absolute Gasteiger partial charge is 0.417 e. The van der Waals surface area contributed by atoms with Gasteiger partial charge < -0.3 is 13.6 Å². The van der Waals surface area contributed by atoms with Gasteiger partial charge in [-0.3, -0.25) is 0 Å². The first kappa shape index (κ1) is 28.8. The van der Waals surface area contributed by atoms with Crippen molar-refractivity contribution in [1.82, 2.24) is 0 Å². The number of ether oxygens (including phenoxy) is 1. The second kappa shape index (κ2) is 11.4. The Hall–Kier alpha value is 0.784. The molecule has 0 amide bonds. The average Bonchev–Trinajstić information content (AvgIpc) is 2.49. The van der Waals surface area contributed by atoms with E-state index in [4.69, 9.17) is 13.6 Å². The Labute approximate surface area is 191 Å². The molecule has 0 spiro atoms. The molecule has 28 heavy (non-hydrogen) atoms. The van der Waals surface area contributed by atoms with Crippen LogP contribution in [0.3, 0.4) is 0 Å². The molecule has 0 N–H and O–H groups in total. The molecule has 0 rings (SSSR count). The predicted octanol–water partition coefficient (Wildman–Crippen LogP) is 7.78. The van der Waals surface area contributed by atoms with Crippen molar-refractivity contribution in [2.45, 2.75) is 110 Å². The first-order chi connectivity index (χ1) is 12.5. The van der Waals surface area contributed by atoms with Gasteiger partial charge in [0.25, 0.3) is 0 Å². The fourth-order valence-electron chi connectivity index (χ4n) is 2.50. The van der Waals surface area contributed by atoms with E-state index in [1.165, 1.54) is 0 Å². The van der Waals surface area contributed by atoms with Gasteiger partial charge in [-0.05, 0) is 53.2 Å². The van der Waals surface area contributed by atoms with Crippen molar-refractivity contribution in [3.05, 3.63) is 10.2 Å². The van der Waals surface area contributed by atoms with Crippen LogP contribution in [0.15, 0.2) is 10.2 Å². The Morgan fingerprint density at radius 3 is 1.82 bits per heavy atom. The van der Waals surface area contributed by atoms with Gasteiger partial charge in [-0.25, -0.2) is 0 Å². The molecule has 0 saturated carbocycles. The monoisotopic (exact) mass is 542 g/mol. The van der Waals surface area contributed by atoms with E-state index in [-0.39, 0.29) is 22.3 Å². The molecule has 0 aliphatic carbocycles. The van der Waals surface area contributed by atoms with Crippen LogP contribution in [0, 0.1) is 5.92 Å². The van der Waals surface area contributed by atoms with Crippen LogP contribution < -0.4 is 0 Å². The molecule has 0 fully saturated rings. The molecule has 0 unspecified atom stereocenters. The zero-order chi connectivity index (χ0) is 22.4. The summed E-state index contributed by atoms with van der Waals surface area (Å²) < 4.78 is 21.2. The van der Waals surface area contributed by atoms with E-state index in [0.717, 1.165) is 19.4 Å². The Morgan fingerprint density at radius 1 is 0.929 bits per heavy atom. The van der Waals surface area contributed by atoms with Crippen molar-refractivity contribution in [1.29, 1.82) is 0 Å². The average molecular weight is 543 g/mol. The molecule has 0 bridgehead atoms. The third-order valence-corrected chi connectivity index (χ3v) is 16.2. The number of hydrogen-bond acceptors (Lipinski definition) is 3. The van der Waals surface area contributed by atoms with Crippen LogP contribution in [-0.4, -0.2) is 42.6 Å². The Kier molecular flexibility index (Phi) is 11.7. The quantitative estimate of drug-likeness (QED) is 0.197. The van der Waals surface area contributed by atoms with E-state index in [9.17, 15) is 0 Å². The maximum Gasteiger partial charge on any atom is 0.192 e. The molecule has 0 aromatic rings. The van der Waals surface area contributed by atoms with Gasteiger partial charge in [-0.1, -0.05) is 77.1 Å². The van der Waals surface area contributed by atoms with Crippen LogP contribution in [-0.2, 0) is 13.6 Å². The molecule has 3 atom stereocenters. The summed E-state index contributed by atoms with van der Waals surface area (Å²) >= 11 is 2.28. The third-order valence-electron chi connectivity index (χ3n) is 6.74. The van der Waals surface area contributed by atoms with Gasteiger partial charge in [0, 0.05) is 25.7 Å². The highest BCUT2D eigenvalue weighted by Crippen LogP contribution is 2.39.